The van der Waals surface area contributed by atoms with Gasteiger partial charge >= 0.3 is 0 Å². The van der Waals surface area contributed by atoms with Crippen LogP contribution in [0.5, 0.6) is 0 Å². The molecule has 2 nitrogen and oxygen atoms in total. The van der Waals surface area contributed by atoms with Crippen LogP contribution < -0.4 is 0 Å². The Morgan fingerprint density at radius 3 is 2.93 bits per heavy atom. The van der Waals surface area contributed by atoms with Crippen molar-refractivity contribution in [2.45, 2.75) is 31.8 Å². The lowest BCUT2D eigenvalue weighted by molar-refractivity contribution is 0.151. The van der Waals surface area contributed by atoms with E-state index in [4.69, 9.17) is 0 Å². The van der Waals surface area contributed by atoms with E-state index in [1.165, 1.54) is 22.0 Å². The summed E-state index contributed by atoms with van der Waals surface area (Å²) in [6.07, 6.45) is 4.74. The molecule has 2 heteroatoms. The van der Waals surface area contributed by atoms with Gasteiger partial charge in [0.05, 0.1) is 5.60 Å². The van der Waals surface area contributed by atoms with E-state index >= 15 is 0 Å². The average molecular weight is 201 g/mol. The van der Waals surface area contributed by atoms with Crippen LogP contribution in [-0.2, 0) is 6.42 Å². The molecule has 1 heterocycles. The normalized spacial score (nSPS) is 18.3. The maximum absolute atomic E-state index is 9.87. The van der Waals surface area contributed by atoms with Crippen molar-refractivity contribution >= 4 is 10.9 Å². The third-order valence-electron chi connectivity index (χ3n) is 3.31. The van der Waals surface area contributed by atoms with Gasteiger partial charge in [0, 0.05) is 23.5 Å². The number of nitrogens with one attached hydrogen (secondary N) is 1. The number of H-pyrrole nitrogens is 1. The molecular formula is C13H15NO. The van der Waals surface area contributed by atoms with Gasteiger partial charge in [-0.3, -0.25) is 0 Å². The number of benzene rings is 1. The molecule has 15 heavy (non-hydrogen) atoms. The van der Waals surface area contributed by atoms with Crippen molar-refractivity contribution in [1.82, 2.24) is 4.98 Å². The summed E-state index contributed by atoms with van der Waals surface area (Å²) in [5, 5.41) is 11.1. The molecule has 1 aromatic heterocycles. The Kier molecular flexibility index (Phi) is 1.71. The van der Waals surface area contributed by atoms with Gasteiger partial charge in [-0.2, -0.15) is 0 Å². The number of hydrogen-bond donors (Lipinski definition) is 2. The van der Waals surface area contributed by atoms with E-state index < -0.39 is 5.60 Å². The van der Waals surface area contributed by atoms with Gasteiger partial charge < -0.3 is 10.1 Å². The molecule has 0 saturated heterocycles. The third-order valence-corrected chi connectivity index (χ3v) is 3.31. The first-order valence-electron chi connectivity index (χ1n) is 5.45. The largest absolute Gasteiger partial charge is 0.390 e. The van der Waals surface area contributed by atoms with Crippen LogP contribution >= 0.6 is 0 Å². The monoisotopic (exact) mass is 201 g/mol. The number of fused-ring (bicyclic) bond motifs is 1. The number of rotatable bonds is 2. The molecule has 1 saturated carbocycles. The van der Waals surface area contributed by atoms with Crippen molar-refractivity contribution in [2.24, 2.45) is 0 Å². The standard InChI is InChI=1S/C13H15NO/c1-9-8-14-12-3-2-10(6-11(9)12)7-13(15)4-5-13/h2-3,6,8,14-15H,4-5,7H2,1H3. The quantitative estimate of drug-likeness (QED) is 0.769. The predicted molar refractivity (Wildman–Crippen MR) is 60.9 cm³/mol. The molecule has 0 unspecified atom stereocenters. The Balaban J connectivity index is 2.01. The zero-order valence-corrected chi connectivity index (χ0v) is 8.88. The van der Waals surface area contributed by atoms with Crippen LogP contribution in [0.15, 0.2) is 24.4 Å². The zero-order chi connectivity index (χ0) is 10.5. The number of aromatic amines is 1. The fourth-order valence-corrected chi connectivity index (χ4v) is 2.12. The Morgan fingerprint density at radius 2 is 2.20 bits per heavy atom. The molecule has 0 aliphatic heterocycles. The summed E-state index contributed by atoms with van der Waals surface area (Å²) >= 11 is 0. The van der Waals surface area contributed by atoms with Gasteiger partial charge in [0.15, 0.2) is 0 Å². The molecule has 2 aromatic rings. The maximum Gasteiger partial charge on any atom is 0.0690 e. The minimum atomic E-state index is -0.391. The molecular weight excluding hydrogens is 186 g/mol. The number of aromatic nitrogens is 1. The molecule has 1 aliphatic carbocycles. The highest BCUT2D eigenvalue weighted by atomic mass is 16.3. The van der Waals surface area contributed by atoms with Crippen LogP contribution in [0.4, 0.5) is 0 Å². The number of hydrogen-bond acceptors (Lipinski definition) is 1. The van der Waals surface area contributed by atoms with E-state index in [2.05, 4.69) is 30.1 Å². The minimum absolute atomic E-state index is 0.391. The lowest BCUT2D eigenvalue weighted by Gasteiger charge is -2.07. The van der Waals surface area contributed by atoms with Gasteiger partial charge in [0.25, 0.3) is 0 Å². The van der Waals surface area contributed by atoms with Gasteiger partial charge in [-0.25, -0.2) is 0 Å². The van der Waals surface area contributed by atoms with E-state index in [-0.39, 0.29) is 0 Å². The summed E-state index contributed by atoms with van der Waals surface area (Å²) in [6, 6.07) is 6.40. The third kappa shape index (κ3) is 1.55. The van der Waals surface area contributed by atoms with E-state index in [9.17, 15) is 5.11 Å². The summed E-state index contributed by atoms with van der Waals surface area (Å²) in [5.74, 6) is 0. The summed E-state index contributed by atoms with van der Waals surface area (Å²) < 4.78 is 0. The highest BCUT2D eigenvalue weighted by molar-refractivity contribution is 5.83. The Morgan fingerprint density at radius 1 is 1.40 bits per heavy atom. The Labute approximate surface area is 88.9 Å². The van der Waals surface area contributed by atoms with Crippen LogP contribution in [0.1, 0.15) is 24.0 Å². The molecule has 1 aliphatic rings. The second kappa shape index (κ2) is 2.86. The molecule has 0 spiro atoms. The first kappa shape index (κ1) is 8.98. The molecule has 0 atom stereocenters. The Hall–Kier alpha value is -1.28. The van der Waals surface area contributed by atoms with Crippen molar-refractivity contribution in [3.8, 4) is 0 Å². The molecule has 1 aromatic carbocycles. The summed E-state index contributed by atoms with van der Waals surface area (Å²) in [4.78, 5) is 3.23. The first-order chi connectivity index (χ1) is 7.16. The van der Waals surface area contributed by atoms with Crippen molar-refractivity contribution in [3.05, 3.63) is 35.5 Å². The first-order valence-corrected chi connectivity index (χ1v) is 5.45. The number of aryl methyl sites for hydroxylation is 1. The van der Waals surface area contributed by atoms with Gasteiger partial charge in [-0.05, 0) is 43.0 Å². The summed E-state index contributed by atoms with van der Waals surface area (Å²) in [6.45, 7) is 2.11. The van der Waals surface area contributed by atoms with Crippen molar-refractivity contribution in [2.75, 3.05) is 0 Å². The smallest absolute Gasteiger partial charge is 0.0690 e. The second-order valence-corrected chi connectivity index (χ2v) is 4.75. The lowest BCUT2D eigenvalue weighted by atomic mass is 10.0. The fourth-order valence-electron chi connectivity index (χ4n) is 2.12. The lowest BCUT2D eigenvalue weighted by Crippen LogP contribution is -2.10. The van der Waals surface area contributed by atoms with E-state index in [1.54, 1.807) is 0 Å². The van der Waals surface area contributed by atoms with Crippen LogP contribution in [0, 0.1) is 6.92 Å². The van der Waals surface area contributed by atoms with Crippen molar-refractivity contribution in [1.29, 1.82) is 0 Å². The SMILES string of the molecule is Cc1c[nH]c2ccc(CC3(O)CC3)cc12. The van der Waals surface area contributed by atoms with Gasteiger partial charge in [0.1, 0.15) is 0 Å². The minimum Gasteiger partial charge on any atom is -0.390 e. The molecule has 0 bridgehead atoms. The van der Waals surface area contributed by atoms with E-state index in [0.29, 0.717) is 0 Å². The van der Waals surface area contributed by atoms with E-state index in [0.717, 1.165) is 19.3 Å². The van der Waals surface area contributed by atoms with Crippen molar-refractivity contribution in [3.63, 3.8) is 0 Å². The highest BCUT2D eigenvalue weighted by Gasteiger charge is 2.40. The van der Waals surface area contributed by atoms with Gasteiger partial charge in [-0.1, -0.05) is 6.07 Å². The van der Waals surface area contributed by atoms with Crippen LogP contribution in [-0.4, -0.2) is 15.7 Å². The zero-order valence-electron chi connectivity index (χ0n) is 8.88. The summed E-state index contributed by atoms with van der Waals surface area (Å²) in [7, 11) is 0. The molecule has 1 fully saturated rings. The molecule has 0 amide bonds. The molecule has 3 rings (SSSR count). The van der Waals surface area contributed by atoms with Gasteiger partial charge in [0.2, 0.25) is 0 Å². The van der Waals surface area contributed by atoms with Crippen LogP contribution in [0.2, 0.25) is 0 Å². The van der Waals surface area contributed by atoms with Crippen LogP contribution in [0.25, 0.3) is 10.9 Å². The average Bonchev–Trinajstić information content (AvgIpc) is 2.82. The van der Waals surface area contributed by atoms with Gasteiger partial charge in [-0.15, -0.1) is 0 Å². The maximum atomic E-state index is 9.87. The number of aliphatic hydroxyl groups is 1. The molecule has 78 valence electrons. The van der Waals surface area contributed by atoms with Crippen LogP contribution in [0.3, 0.4) is 0 Å². The second-order valence-electron chi connectivity index (χ2n) is 4.75. The van der Waals surface area contributed by atoms with E-state index in [1.807, 2.05) is 6.20 Å². The molecule has 2 N–H and O–H groups in total. The molecule has 0 radical (unpaired) electrons. The topological polar surface area (TPSA) is 36.0 Å². The van der Waals surface area contributed by atoms with Crippen molar-refractivity contribution < 1.29 is 5.11 Å². The summed E-state index contributed by atoms with van der Waals surface area (Å²) in [5.41, 5.74) is 3.30. The Bertz CT molecular complexity index is 508. The highest BCUT2D eigenvalue weighted by Crippen LogP contribution is 2.38. The fraction of sp³-hybridized carbons (Fsp3) is 0.385. The predicted octanol–water partition coefficient (Wildman–Crippen LogP) is 2.54.